The Kier molecular flexibility index (Phi) is 7.54. The van der Waals surface area contributed by atoms with Gasteiger partial charge in [0.15, 0.2) is 0 Å². The summed E-state index contributed by atoms with van der Waals surface area (Å²) in [5.74, 6) is -0.0995. The number of halogens is 4. The maximum Gasteiger partial charge on any atom is 0.416 e. The standard InChI is InChI=1S/C23H25ClF3N3O3/c1-14-12-19(20(33-3)13-18(14)24)28-21(31)15(2)29-8-10-30(11-9-29)22(32)16-4-6-17(7-5-16)23(25,26)27/h4-7,12-13,15H,8-11H2,1-3H3,(H,28,31). The van der Waals surface area contributed by atoms with Crippen molar-refractivity contribution in [2.75, 3.05) is 38.6 Å². The highest BCUT2D eigenvalue weighted by molar-refractivity contribution is 6.31. The fourth-order valence-electron chi connectivity index (χ4n) is 3.63. The fraction of sp³-hybridized carbons (Fsp3) is 0.391. The largest absolute Gasteiger partial charge is 0.495 e. The van der Waals surface area contributed by atoms with E-state index in [1.54, 1.807) is 24.0 Å². The molecule has 0 radical (unpaired) electrons. The third-order valence-electron chi connectivity index (χ3n) is 5.73. The molecule has 1 atom stereocenters. The van der Waals surface area contributed by atoms with E-state index in [1.165, 1.54) is 19.2 Å². The number of carbonyl (C=O) groups excluding carboxylic acids is 2. The Bertz CT molecular complexity index is 1020. The molecule has 1 fully saturated rings. The van der Waals surface area contributed by atoms with E-state index in [2.05, 4.69) is 5.32 Å². The van der Waals surface area contributed by atoms with E-state index in [0.717, 1.165) is 17.7 Å². The molecule has 3 rings (SSSR count). The van der Waals surface area contributed by atoms with Crippen LogP contribution in [0.1, 0.15) is 28.4 Å². The number of aryl methyl sites for hydroxylation is 1. The lowest BCUT2D eigenvalue weighted by atomic mass is 10.1. The number of nitrogens with one attached hydrogen (secondary N) is 1. The lowest BCUT2D eigenvalue weighted by molar-refractivity contribution is -0.137. The van der Waals surface area contributed by atoms with E-state index >= 15 is 0 Å². The van der Waals surface area contributed by atoms with Crippen LogP contribution in [0.4, 0.5) is 18.9 Å². The van der Waals surface area contributed by atoms with Gasteiger partial charge in [0.25, 0.3) is 5.91 Å². The minimum atomic E-state index is -4.45. The summed E-state index contributed by atoms with van der Waals surface area (Å²) in [6.07, 6.45) is -4.45. The molecule has 0 aliphatic carbocycles. The van der Waals surface area contributed by atoms with E-state index in [1.807, 2.05) is 11.8 Å². The Hall–Kier alpha value is -2.78. The van der Waals surface area contributed by atoms with E-state index in [9.17, 15) is 22.8 Å². The minimum Gasteiger partial charge on any atom is -0.495 e. The van der Waals surface area contributed by atoms with Gasteiger partial charge in [-0.3, -0.25) is 14.5 Å². The highest BCUT2D eigenvalue weighted by atomic mass is 35.5. The number of rotatable bonds is 5. The lowest BCUT2D eigenvalue weighted by Gasteiger charge is -2.37. The topological polar surface area (TPSA) is 61.9 Å². The van der Waals surface area contributed by atoms with Crippen molar-refractivity contribution < 1.29 is 27.5 Å². The van der Waals surface area contributed by atoms with Gasteiger partial charge >= 0.3 is 6.18 Å². The highest BCUT2D eigenvalue weighted by Gasteiger charge is 2.31. The van der Waals surface area contributed by atoms with Gasteiger partial charge in [0.05, 0.1) is 24.4 Å². The molecule has 33 heavy (non-hydrogen) atoms. The predicted octanol–water partition coefficient (Wildman–Crippen LogP) is 4.46. The number of hydrogen-bond acceptors (Lipinski definition) is 4. The summed E-state index contributed by atoms with van der Waals surface area (Å²) in [5, 5.41) is 3.40. The van der Waals surface area contributed by atoms with Crippen LogP contribution in [0.5, 0.6) is 5.75 Å². The molecule has 2 aromatic carbocycles. The van der Waals surface area contributed by atoms with Crippen LogP contribution >= 0.6 is 11.6 Å². The quantitative estimate of drug-likeness (QED) is 0.682. The Morgan fingerprint density at radius 3 is 2.24 bits per heavy atom. The Labute approximate surface area is 195 Å². The Morgan fingerprint density at radius 1 is 1.09 bits per heavy atom. The zero-order valence-electron chi connectivity index (χ0n) is 18.5. The number of amides is 2. The van der Waals surface area contributed by atoms with Crippen molar-refractivity contribution in [1.29, 1.82) is 0 Å². The van der Waals surface area contributed by atoms with Gasteiger partial charge in [-0.2, -0.15) is 13.2 Å². The van der Waals surface area contributed by atoms with Crippen molar-refractivity contribution >= 4 is 29.1 Å². The first-order chi connectivity index (χ1) is 15.5. The summed E-state index contributed by atoms with van der Waals surface area (Å²) < 4.78 is 43.5. The van der Waals surface area contributed by atoms with Crippen LogP contribution in [-0.4, -0.2) is 60.9 Å². The van der Waals surface area contributed by atoms with Crippen molar-refractivity contribution in [2.24, 2.45) is 0 Å². The number of benzene rings is 2. The van der Waals surface area contributed by atoms with Gasteiger partial charge < -0.3 is 15.0 Å². The molecule has 0 saturated carbocycles. The molecule has 1 aliphatic heterocycles. The number of anilines is 1. The highest BCUT2D eigenvalue weighted by Crippen LogP contribution is 2.31. The van der Waals surface area contributed by atoms with Gasteiger partial charge in [-0.25, -0.2) is 0 Å². The molecular formula is C23H25ClF3N3O3. The van der Waals surface area contributed by atoms with Gasteiger partial charge in [0, 0.05) is 42.8 Å². The maximum atomic E-state index is 12.8. The molecule has 178 valence electrons. The SMILES string of the molecule is COc1cc(Cl)c(C)cc1NC(=O)C(C)N1CCN(C(=O)c2ccc(C(F)(F)F)cc2)CC1. The first-order valence-corrected chi connectivity index (χ1v) is 10.7. The predicted molar refractivity (Wildman–Crippen MR) is 120 cm³/mol. The summed E-state index contributed by atoms with van der Waals surface area (Å²) in [6, 6.07) is 7.11. The number of ether oxygens (including phenoxy) is 1. The number of hydrogen-bond donors (Lipinski definition) is 1. The summed E-state index contributed by atoms with van der Waals surface area (Å²) in [4.78, 5) is 29.0. The smallest absolute Gasteiger partial charge is 0.416 e. The van der Waals surface area contributed by atoms with Gasteiger partial charge in [-0.05, 0) is 49.7 Å². The second kappa shape index (κ2) is 10.0. The van der Waals surface area contributed by atoms with Gasteiger partial charge in [-0.15, -0.1) is 0 Å². The molecule has 2 amide bonds. The van der Waals surface area contributed by atoms with Crippen LogP contribution < -0.4 is 10.1 Å². The van der Waals surface area contributed by atoms with Crippen molar-refractivity contribution in [1.82, 2.24) is 9.80 Å². The average molecular weight is 484 g/mol. The Morgan fingerprint density at radius 2 is 1.70 bits per heavy atom. The first-order valence-electron chi connectivity index (χ1n) is 10.4. The Balaban J connectivity index is 1.58. The third-order valence-corrected chi connectivity index (χ3v) is 6.13. The molecule has 1 aliphatic rings. The third kappa shape index (κ3) is 5.78. The van der Waals surface area contributed by atoms with Crippen molar-refractivity contribution in [2.45, 2.75) is 26.1 Å². The monoisotopic (exact) mass is 483 g/mol. The molecular weight excluding hydrogens is 459 g/mol. The number of nitrogens with zero attached hydrogens (tertiary/aromatic N) is 2. The number of piperazine rings is 1. The normalized spacial score (nSPS) is 15.8. The summed E-state index contributed by atoms with van der Waals surface area (Å²) in [6.45, 7) is 5.24. The number of methoxy groups -OCH3 is 1. The number of alkyl halides is 3. The van der Waals surface area contributed by atoms with Crippen molar-refractivity contribution in [3.05, 3.63) is 58.1 Å². The van der Waals surface area contributed by atoms with Gasteiger partial charge in [-0.1, -0.05) is 11.6 Å². The maximum absolute atomic E-state index is 12.8. The van der Waals surface area contributed by atoms with Crippen LogP contribution in [0.3, 0.4) is 0 Å². The van der Waals surface area contributed by atoms with Crippen LogP contribution in [0.25, 0.3) is 0 Å². The van der Waals surface area contributed by atoms with Crippen molar-refractivity contribution in [3.8, 4) is 5.75 Å². The van der Waals surface area contributed by atoms with Crippen molar-refractivity contribution in [3.63, 3.8) is 0 Å². The molecule has 0 aromatic heterocycles. The summed E-state index contributed by atoms with van der Waals surface area (Å²) >= 11 is 6.11. The van der Waals surface area contributed by atoms with Gasteiger partial charge in [0.1, 0.15) is 5.75 Å². The van der Waals surface area contributed by atoms with Crippen LogP contribution in [0.2, 0.25) is 5.02 Å². The molecule has 1 unspecified atom stereocenters. The molecule has 1 heterocycles. The summed E-state index contributed by atoms with van der Waals surface area (Å²) in [7, 11) is 1.49. The lowest BCUT2D eigenvalue weighted by Crippen LogP contribution is -2.54. The fourth-order valence-corrected chi connectivity index (χ4v) is 3.78. The summed E-state index contributed by atoms with van der Waals surface area (Å²) in [5.41, 5.74) is 0.729. The van der Waals surface area contributed by atoms with Gasteiger partial charge in [0.2, 0.25) is 5.91 Å². The van der Waals surface area contributed by atoms with Crippen LogP contribution in [-0.2, 0) is 11.0 Å². The van der Waals surface area contributed by atoms with E-state index < -0.39 is 17.8 Å². The molecule has 0 spiro atoms. The van der Waals surface area contributed by atoms with E-state index in [-0.39, 0.29) is 17.4 Å². The molecule has 0 bridgehead atoms. The van der Waals surface area contributed by atoms with E-state index in [0.29, 0.717) is 42.6 Å². The molecule has 1 N–H and O–H groups in total. The minimum absolute atomic E-state index is 0.201. The zero-order chi connectivity index (χ0) is 24.3. The number of carbonyl (C=O) groups is 2. The average Bonchev–Trinajstić information content (AvgIpc) is 2.80. The van der Waals surface area contributed by atoms with Crippen LogP contribution in [0, 0.1) is 6.92 Å². The first kappa shape index (κ1) is 24.9. The van der Waals surface area contributed by atoms with Crippen LogP contribution in [0.15, 0.2) is 36.4 Å². The second-order valence-electron chi connectivity index (χ2n) is 7.87. The zero-order valence-corrected chi connectivity index (χ0v) is 19.3. The molecule has 1 saturated heterocycles. The molecule has 2 aromatic rings. The molecule has 10 heteroatoms. The van der Waals surface area contributed by atoms with E-state index in [4.69, 9.17) is 16.3 Å². The molecule has 6 nitrogen and oxygen atoms in total. The second-order valence-corrected chi connectivity index (χ2v) is 8.28.